The van der Waals surface area contributed by atoms with Crippen LogP contribution in [0, 0.1) is 0 Å². The Kier molecular flexibility index (Phi) is 8.02. The molecular formula is C22H24N4O3S2. The lowest BCUT2D eigenvalue weighted by molar-refractivity contribution is -0.113. The Bertz CT molecular complexity index is 1060. The van der Waals surface area contributed by atoms with Crippen LogP contribution in [0.25, 0.3) is 11.1 Å². The van der Waals surface area contributed by atoms with Crippen LogP contribution < -0.4 is 5.32 Å². The van der Waals surface area contributed by atoms with Gasteiger partial charge in [-0.15, -0.1) is 28.1 Å². The van der Waals surface area contributed by atoms with E-state index in [-0.39, 0.29) is 18.3 Å². The lowest BCUT2D eigenvalue weighted by atomic mass is 10.0. The monoisotopic (exact) mass is 456 g/mol. The van der Waals surface area contributed by atoms with E-state index in [2.05, 4.69) is 22.1 Å². The highest BCUT2D eigenvalue weighted by Gasteiger charge is 2.23. The third-order valence-electron chi connectivity index (χ3n) is 4.36. The first kappa shape index (κ1) is 22.8. The average Bonchev–Trinajstić information content (AvgIpc) is 3.37. The molecule has 0 spiro atoms. The second-order valence-corrected chi connectivity index (χ2v) is 8.25. The van der Waals surface area contributed by atoms with Crippen molar-refractivity contribution in [1.29, 1.82) is 0 Å². The van der Waals surface area contributed by atoms with Crippen LogP contribution in [0.15, 0.2) is 53.5 Å². The van der Waals surface area contributed by atoms with E-state index in [4.69, 9.17) is 4.74 Å². The number of thiophene rings is 1. The molecule has 1 amide bonds. The van der Waals surface area contributed by atoms with Crippen LogP contribution in [-0.4, -0.2) is 39.0 Å². The lowest BCUT2D eigenvalue weighted by Crippen LogP contribution is -2.17. The quantitative estimate of drug-likeness (QED) is 0.271. The molecule has 2 heterocycles. The van der Waals surface area contributed by atoms with Gasteiger partial charge in [0.15, 0.2) is 5.16 Å². The number of anilines is 1. The van der Waals surface area contributed by atoms with Crippen LogP contribution in [0.2, 0.25) is 0 Å². The van der Waals surface area contributed by atoms with Crippen molar-refractivity contribution >= 4 is 40.0 Å². The van der Waals surface area contributed by atoms with Gasteiger partial charge >= 0.3 is 5.97 Å². The Balaban J connectivity index is 1.77. The summed E-state index contributed by atoms with van der Waals surface area (Å²) in [5.74, 6) is 0.296. The molecule has 0 aliphatic rings. The van der Waals surface area contributed by atoms with Gasteiger partial charge in [-0.3, -0.25) is 4.79 Å². The first-order valence-corrected chi connectivity index (χ1v) is 11.7. The summed E-state index contributed by atoms with van der Waals surface area (Å²) in [5.41, 5.74) is 2.01. The molecule has 0 atom stereocenters. The summed E-state index contributed by atoms with van der Waals surface area (Å²) in [6, 6.07) is 9.56. The van der Waals surface area contributed by atoms with E-state index in [1.165, 1.54) is 23.1 Å². The largest absolute Gasteiger partial charge is 0.462 e. The third kappa shape index (κ3) is 5.42. The maximum absolute atomic E-state index is 12.7. The zero-order valence-electron chi connectivity index (χ0n) is 17.5. The number of amides is 1. The van der Waals surface area contributed by atoms with Crippen molar-refractivity contribution in [3.05, 3.63) is 59.8 Å². The van der Waals surface area contributed by atoms with Gasteiger partial charge in [-0.25, -0.2) is 4.79 Å². The van der Waals surface area contributed by atoms with Gasteiger partial charge in [0.2, 0.25) is 5.91 Å². The minimum absolute atomic E-state index is 0.139. The molecule has 0 unspecified atom stereocenters. The molecule has 3 rings (SSSR count). The first-order valence-electron chi connectivity index (χ1n) is 9.88. The highest BCUT2D eigenvalue weighted by Crippen LogP contribution is 2.36. The number of hydrogen-bond donors (Lipinski definition) is 1. The molecule has 0 saturated heterocycles. The third-order valence-corrected chi connectivity index (χ3v) is 6.22. The molecule has 9 heteroatoms. The van der Waals surface area contributed by atoms with E-state index in [0.717, 1.165) is 23.4 Å². The highest BCUT2D eigenvalue weighted by molar-refractivity contribution is 7.99. The number of benzene rings is 1. The number of ether oxygens (including phenoxy) is 1. The summed E-state index contributed by atoms with van der Waals surface area (Å²) in [4.78, 5) is 25.3. The summed E-state index contributed by atoms with van der Waals surface area (Å²) in [6.07, 6.45) is 2.52. The van der Waals surface area contributed by atoms with E-state index in [9.17, 15) is 9.59 Å². The Labute approximate surface area is 189 Å². The average molecular weight is 457 g/mol. The molecule has 3 aromatic rings. The highest BCUT2D eigenvalue weighted by atomic mass is 32.2. The molecule has 31 heavy (non-hydrogen) atoms. The number of carbonyl (C=O) groups is 2. The number of nitrogens with zero attached hydrogens (tertiary/aromatic N) is 3. The topological polar surface area (TPSA) is 86.1 Å². The van der Waals surface area contributed by atoms with Gasteiger partial charge in [-0.1, -0.05) is 55.1 Å². The zero-order chi connectivity index (χ0) is 22.2. The van der Waals surface area contributed by atoms with E-state index < -0.39 is 5.97 Å². The molecule has 162 valence electrons. The van der Waals surface area contributed by atoms with Gasteiger partial charge in [0, 0.05) is 23.9 Å². The zero-order valence-corrected chi connectivity index (χ0v) is 19.1. The predicted molar refractivity (Wildman–Crippen MR) is 125 cm³/mol. The van der Waals surface area contributed by atoms with Gasteiger partial charge in [0.05, 0.1) is 12.4 Å². The molecule has 2 aromatic heterocycles. The van der Waals surface area contributed by atoms with Crippen molar-refractivity contribution in [2.75, 3.05) is 17.7 Å². The van der Waals surface area contributed by atoms with Gasteiger partial charge in [-0.05, 0) is 12.5 Å². The Hall–Kier alpha value is -2.91. The molecule has 0 aliphatic heterocycles. The number of hydrogen-bond acceptors (Lipinski definition) is 7. The molecular weight excluding hydrogens is 432 g/mol. The van der Waals surface area contributed by atoms with E-state index in [1.54, 1.807) is 13.0 Å². The van der Waals surface area contributed by atoms with Gasteiger partial charge in [0.1, 0.15) is 16.4 Å². The van der Waals surface area contributed by atoms with Crippen molar-refractivity contribution in [2.45, 2.75) is 32.0 Å². The van der Waals surface area contributed by atoms with Crippen molar-refractivity contribution in [1.82, 2.24) is 14.8 Å². The maximum atomic E-state index is 12.7. The van der Waals surface area contributed by atoms with E-state index >= 15 is 0 Å². The van der Waals surface area contributed by atoms with Crippen LogP contribution in [-0.2, 0) is 22.5 Å². The number of rotatable bonds is 10. The summed E-state index contributed by atoms with van der Waals surface area (Å²) in [6.45, 7) is 8.36. The van der Waals surface area contributed by atoms with Gasteiger partial charge in [0.25, 0.3) is 0 Å². The molecule has 0 fully saturated rings. The summed E-state index contributed by atoms with van der Waals surface area (Å²) >= 11 is 2.60. The minimum Gasteiger partial charge on any atom is -0.462 e. The van der Waals surface area contributed by atoms with Crippen LogP contribution >= 0.6 is 23.1 Å². The fourth-order valence-corrected chi connectivity index (χ4v) is 4.72. The number of aromatic nitrogens is 3. The SMILES string of the molecule is C=CCn1c(CC)nnc1SCC(=O)Nc1scc(-c2ccccc2)c1C(=O)OCC. The second kappa shape index (κ2) is 10.9. The lowest BCUT2D eigenvalue weighted by Gasteiger charge is -2.09. The molecule has 0 aliphatic carbocycles. The maximum Gasteiger partial charge on any atom is 0.341 e. The minimum atomic E-state index is -0.455. The van der Waals surface area contributed by atoms with Crippen LogP contribution in [0.5, 0.6) is 0 Å². The molecule has 0 bridgehead atoms. The molecule has 1 aromatic carbocycles. The van der Waals surface area contributed by atoms with Crippen LogP contribution in [0.1, 0.15) is 30.0 Å². The molecule has 0 saturated carbocycles. The van der Waals surface area contributed by atoms with Crippen molar-refractivity contribution in [3.8, 4) is 11.1 Å². The van der Waals surface area contributed by atoms with Crippen molar-refractivity contribution in [2.24, 2.45) is 0 Å². The second-order valence-electron chi connectivity index (χ2n) is 6.43. The number of aryl methyl sites for hydroxylation is 1. The Morgan fingerprint density at radius 1 is 1.26 bits per heavy atom. The van der Waals surface area contributed by atoms with Crippen molar-refractivity contribution in [3.63, 3.8) is 0 Å². The summed E-state index contributed by atoms with van der Waals surface area (Å²) in [5, 5.41) is 14.2. The number of thioether (sulfide) groups is 1. The fraction of sp³-hybridized carbons (Fsp3) is 0.273. The Morgan fingerprint density at radius 3 is 2.71 bits per heavy atom. The molecule has 7 nitrogen and oxygen atoms in total. The summed E-state index contributed by atoms with van der Waals surface area (Å²) < 4.78 is 7.18. The summed E-state index contributed by atoms with van der Waals surface area (Å²) in [7, 11) is 0. The number of carbonyl (C=O) groups excluding carboxylic acids is 2. The van der Waals surface area contributed by atoms with E-state index in [1.807, 2.05) is 47.2 Å². The fourth-order valence-electron chi connectivity index (χ4n) is 2.98. The van der Waals surface area contributed by atoms with Gasteiger partial charge < -0.3 is 14.6 Å². The van der Waals surface area contributed by atoms with Crippen molar-refractivity contribution < 1.29 is 14.3 Å². The smallest absolute Gasteiger partial charge is 0.341 e. The number of allylic oxidation sites excluding steroid dienone is 1. The molecule has 0 radical (unpaired) electrons. The molecule has 1 N–H and O–H groups in total. The number of esters is 1. The predicted octanol–water partition coefficient (Wildman–Crippen LogP) is 4.66. The van der Waals surface area contributed by atoms with Crippen LogP contribution in [0.4, 0.5) is 5.00 Å². The standard InChI is InChI=1S/C22H24N4O3S2/c1-4-12-26-17(5-2)24-25-22(26)31-14-18(27)23-20-19(21(28)29-6-3)16(13-30-20)15-10-8-7-9-11-15/h4,7-11,13H,1,5-6,12,14H2,2-3H3,(H,23,27). The van der Waals surface area contributed by atoms with E-state index in [0.29, 0.717) is 22.3 Å². The Morgan fingerprint density at radius 2 is 2.03 bits per heavy atom. The van der Waals surface area contributed by atoms with Gasteiger partial charge in [-0.2, -0.15) is 0 Å². The number of nitrogens with one attached hydrogen (secondary N) is 1. The first-order chi connectivity index (χ1) is 15.1. The normalized spacial score (nSPS) is 10.6. The van der Waals surface area contributed by atoms with Crippen LogP contribution in [0.3, 0.4) is 0 Å².